The Kier molecular flexibility index (Phi) is 3.03. The highest BCUT2D eigenvalue weighted by Crippen LogP contribution is 2.25. The summed E-state index contributed by atoms with van der Waals surface area (Å²) in [6, 6.07) is 0. The topological polar surface area (TPSA) is 12.5 Å². The maximum atomic E-state index is 12.3. The first-order valence-electron chi connectivity index (χ1n) is 3.86. The number of hydrogen-bond donors (Lipinski definition) is 0. The van der Waals surface area contributed by atoms with Crippen molar-refractivity contribution in [1.29, 1.82) is 0 Å². The summed E-state index contributed by atoms with van der Waals surface area (Å²) >= 11 is 0. The van der Waals surface area contributed by atoms with E-state index in [-0.39, 0.29) is 6.10 Å². The predicted molar refractivity (Wildman–Crippen MR) is 42.1 cm³/mol. The third-order valence-corrected chi connectivity index (χ3v) is 2.22. The third kappa shape index (κ3) is 1.75. The van der Waals surface area contributed by atoms with Gasteiger partial charge in [0.25, 0.3) is 0 Å². The molecular weight excluding hydrogens is 164 g/mol. The molecule has 0 N–H and O–H groups in total. The Morgan fingerprint density at radius 1 is 1.58 bits per heavy atom. The van der Waals surface area contributed by atoms with Gasteiger partial charge in [0, 0.05) is 20.2 Å². The van der Waals surface area contributed by atoms with Crippen LogP contribution in [-0.4, -0.2) is 37.6 Å². The van der Waals surface area contributed by atoms with E-state index in [0.717, 1.165) is 0 Å². The number of ether oxygens (including phenoxy) is 1. The second-order valence-electron chi connectivity index (χ2n) is 2.91. The molecule has 1 aliphatic heterocycles. The molecule has 0 bridgehead atoms. The quantitative estimate of drug-likeness (QED) is 0.645. The molecule has 4 heteroatoms. The lowest BCUT2D eigenvalue weighted by atomic mass is 10.1. The van der Waals surface area contributed by atoms with Crippen LogP contribution in [0.1, 0.15) is 0 Å². The van der Waals surface area contributed by atoms with E-state index >= 15 is 0 Å². The SMILES string of the molecule is C=CN1C[C@H](OC)[C@@H](C(F)F)C1. The fourth-order valence-corrected chi connectivity index (χ4v) is 1.47. The predicted octanol–water partition coefficient (Wildman–Crippen LogP) is 1.34. The van der Waals surface area contributed by atoms with Crippen LogP contribution in [0.5, 0.6) is 0 Å². The molecule has 12 heavy (non-hydrogen) atoms. The van der Waals surface area contributed by atoms with Gasteiger partial charge in [-0.3, -0.25) is 0 Å². The van der Waals surface area contributed by atoms with Gasteiger partial charge in [0.2, 0.25) is 6.43 Å². The van der Waals surface area contributed by atoms with E-state index in [0.29, 0.717) is 13.1 Å². The largest absolute Gasteiger partial charge is 0.379 e. The molecule has 0 saturated carbocycles. The van der Waals surface area contributed by atoms with Gasteiger partial charge < -0.3 is 9.64 Å². The summed E-state index contributed by atoms with van der Waals surface area (Å²) < 4.78 is 29.6. The molecule has 1 heterocycles. The average Bonchev–Trinajstić information content (AvgIpc) is 2.47. The van der Waals surface area contributed by atoms with Gasteiger partial charge in [0.05, 0.1) is 12.0 Å². The molecule has 0 aromatic heterocycles. The van der Waals surface area contributed by atoms with Gasteiger partial charge in [-0.05, 0) is 6.20 Å². The van der Waals surface area contributed by atoms with E-state index in [1.54, 1.807) is 11.1 Å². The van der Waals surface area contributed by atoms with E-state index in [4.69, 9.17) is 4.74 Å². The maximum absolute atomic E-state index is 12.3. The number of alkyl halides is 2. The molecule has 1 saturated heterocycles. The van der Waals surface area contributed by atoms with Crippen LogP contribution in [0.3, 0.4) is 0 Å². The summed E-state index contributed by atoms with van der Waals surface area (Å²) in [6.07, 6.45) is -1.09. The number of rotatable bonds is 3. The van der Waals surface area contributed by atoms with E-state index in [2.05, 4.69) is 6.58 Å². The number of likely N-dealkylation sites (tertiary alicyclic amines) is 1. The second-order valence-corrected chi connectivity index (χ2v) is 2.91. The Labute approximate surface area is 70.8 Å². The lowest BCUT2D eigenvalue weighted by Crippen LogP contribution is -2.26. The van der Waals surface area contributed by atoms with E-state index in [1.165, 1.54) is 7.11 Å². The van der Waals surface area contributed by atoms with Crippen LogP contribution in [0.15, 0.2) is 12.8 Å². The van der Waals surface area contributed by atoms with E-state index < -0.39 is 12.3 Å². The monoisotopic (exact) mass is 177 g/mol. The fourth-order valence-electron chi connectivity index (χ4n) is 1.47. The minimum atomic E-state index is -2.31. The number of methoxy groups -OCH3 is 1. The molecule has 70 valence electrons. The van der Waals surface area contributed by atoms with Gasteiger partial charge >= 0.3 is 0 Å². The number of hydrogen-bond acceptors (Lipinski definition) is 2. The third-order valence-electron chi connectivity index (χ3n) is 2.22. The van der Waals surface area contributed by atoms with Gasteiger partial charge in [0.1, 0.15) is 0 Å². The van der Waals surface area contributed by atoms with Crippen LogP contribution < -0.4 is 0 Å². The minimum absolute atomic E-state index is 0.347. The summed E-state index contributed by atoms with van der Waals surface area (Å²) in [5, 5.41) is 0. The van der Waals surface area contributed by atoms with Gasteiger partial charge in [-0.15, -0.1) is 0 Å². The zero-order valence-electron chi connectivity index (χ0n) is 7.04. The molecule has 0 aliphatic carbocycles. The molecule has 0 aromatic carbocycles. The highest BCUT2D eigenvalue weighted by Gasteiger charge is 2.37. The molecule has 2 nitrogen and oxygen atoms in total. The molecule has 1 fully saturated rings. The van der Waals surface area contributed by atoms with Crippen molar-refractivity contribution in [2.24, 2.45) is 5.92 Å². The van der Waals surface area contributed by atoms with Crippen molar-refractivity contribution >= 4 is 0 Å². The summed E-state index contributed by atoms with van der Waals surface area (Å²) in [6.45, 7) is 4.40. The summed E-state index contributed by atoms with van der Waals surface area (Å²) in [5.74, 6) is -0.673. The summed E-state index contributed by atoms with van der Waals surface area (Å²) in [4.78, 5) is 1.75. The van der Waals surface area contributed by atoms with Crippen molar-refractivity contribution in [2.75, 3.05) is 20.2 Å². The average molecular weight is 177 g/mol. The van der Waals surface area contributed by atoms with E-state index in [9.17, 15) is 8.78 Å². The van der Waals surface area contributed by atoms with Crippen molar-refractivity contribution in [1.82, 2.24) is 4.90 Å². The first-order chi connectivity index (χ1) is 5.69. The van der Waals surface area contributed by atoms with Crippen LogP contribution in [-0.2, 0) is 4.74 Å². The lowest BCUT2D eigenvalue weighted by molar-refractivity contribution is -0.00249. The van der Waals surface area contributed by atoms with Crippen molar-refractivity contribution in [3.63, 3.8) is 0 Å². The number of halogens is 2. The van der Waals surface area contributed by atoms with Gasteiger partial charge in [-0.1, -0.05) is 6.58 Å². The molecule has 2 atom stereocenters. The molecule has 0 radical (unpaired) electrons. The Morgan fingerprint density at radius 3 is 2.58 bits per heavy atom. The highest BCUT2D eigenvalue weighted by atomic mass is 19.3. The zero-order chi connectivity index (χ0) is 9.14. The first-order valence-corrected chi connectivity index (χ1v) is 3.86. The van der Waals surface area contributed by atoms with Crippen molar-refractivity contribution in [3.8, 4) is 0 Å². The number of nitrogens with zero attached hydrogens (tertiary/aromatic N) is 1. The van der Waals surface area contributed by atoms with Gasteiger partial charge in [0.15, 0.2) is 0 Å². The van der Waals surface area contributed by atoms with Crippen molar-refractivity contribution < 1.29 is 13.5 Å². The Balaban J connectivity index is 2.56. The normalized spacial score (nSPS) is 29.8. The van der Waals surface area contributed by atoms with Crippen LogP contribution in [0, 0.1) is 5.92 Å². The molecule has 0 unspecified atom stereocenters. The van der Waals surface area contributed by atoms with Crippen LogP contribution in [0.2, 0.25) is 0 Å². The standard InChI is InChI=1S/C8H13F2NO/c1-3-11-4-6(8(9)10)7(5-11)12-2/h3,6-8H,1,4-5H2,2H3/t6-,7-/m0/s1. The molecule has 0 amide bonds. The smallest absolute Gasteiger partial charge is 0.245 e. The molecule has 0 aromatic rings. The maximum Gasteiger partial charge on any atom is 0.245 e. The van der Waals surface area contributed by atoms with Crippen molar-refractivity contribution in [2.45, 2.75) is 12.5 Å². The summed E-state index contributed by atoms with van der Waals surface area (Å²) in [5.41, 5.74) is 0. The van der Waals surface area contributed by atoms with Crippen molar-refractivity contribution in [3.05, 3.63) is 12.8 Å². The Hall–Kier alpha value is -0.640. The fraction of sp³-hybridized carbons (Fsp3) is 0.750. The summed E-state index contributed by atoms with van der Waals surface area (Å²) in [7, 11) is 1.46. The molecule has 1 rings (SSSR count). The molecular formula is C8H13F2NO. The van der Waals surface area contributed by atoms with Crippen LogP contribution in [0.25, 0.3) is 0 Å². The molecule has 0 spiro atoms. The lowest BCUT2D eigenvalue weighted by Gasteiger charge is -2.14. The zero-order valence-corrected chi connectivity index (χ0v) is 7.04. The highest BCUT2D eigenvalue weighted by molar-refractivity contribution is 4.90. The van der Waals surface area contributed by atoms with Crippen LogP contribution >= 0.6 is 0 Å². The van der Waals surface area contributed by atoms with E-state index in [1.807, 2.05) is 0 Å². The Bertz CT molecular complexity index is 163. The minimum Gasteiger partial charge on any atom is -0.379 e. The Morgan fingerprint density at radius 2 is 2.25 bits per heavy atom. The second kappa shape index (κ2) is 3.85. The van der Waals surface area contributed by atoms with Crippen LogP contribution in [0.4, 0.5) is 8.78 Å². The first kappa shape index (κ1) is 9.45. The van der Waals surface area contributed by atoms with Gasteiger partial charge in [-0.25, -0.2) is 8.78 Å². The van der Waals surface area contributed by atoms with Gasteiger partial charge in [-0.2, -0.15) is 0 Å². The molecule has 1 aliphatic rings.